The normalized spacial score (nSPS) is 32.2. The molecule has 3 heteroatoms. The third kappa shape index (κ3) is 1.70. The fourth-order valence-electron chi connectivity index (χ4n) is 2.65. The second kappa shape index (κ2) is 3.66. The highest BCUT2D eigenvalue weighted by Gasteiger charge is 2.37. The molecule has 0 bridgehead atoms. The monoisotopic (exact) mass is 183 g/mol. The van der Waals surface area contributed by atoms with Crippen LogP contribution in [0.2, 0.25) is 0 Å². The highest BCUT2D eigenvalue weighted by molar-refractivity contribution is 5.77. The Labute approximate surface area is 79.0 Å². The van der Waals surface area contributed by atoms with Crippen molar-refractivity contribution in [3.05, 3.63) is 0 Å². The number of methoxy groups -OCH3 is 1. The Morgan fingerprint density at radius 2 is 2.00 bits per heavy atom. The van der Waals surface area contributed by atoms with Gasteiger partial charge in [0.2, 0.25) is 5.91 Å². The van der Waals surface area contributed by atoms with Crippen molar-refractivity contribution in [3.63, 3.8) is 0 Å². The van der Waals surface area contributed by atoms with Crippen LogP contribution in [0.5, 0.6) is 0 Å². The minimum absolute atomic E-state index is 0.164. The average molecular weight is 183 g/mol. The van der Waals surface area contributed by atoms with Crippen LogP contribution in [0.15, 0.2) is 0 Å². The Morgan fingerprint density at radius 1 is 1.38 bits per heavy atom. The maximum Gasteiger partial charge on any atom is 0.248 e. The van der Waals surface area contributed by atoms with Gasteiger partial charge in [-0.1, -0.05) is 6.42 Å². The Morgan fingerprint density at radius 3 is 2.54 bits per heavy atom. The lowest BCUT2D eigenvalue weighted by molar-refractivity contribution is -0.134. The van der Waals surface area contributed by atoms with Crippen molar-refractivity contribution >= 4 is 5.91 Å². The van der Waals surface area contributed by atoms with Gasteiger partial charge in [0.05, 0.1) is 0 Å². The van der Waals surface area contributed by atoms with Crippen LogP contribution in [0.3, 0.4) is 0 Å². The van der Waals surface area contributed by atoms with Gasteiger partial charge in [0, 0.05) is 20.2 Å². The summed E-state index contributed by atoms with van der Waals surface area (Å²) >= 11 is 0. The summed E-state index contributed by atoms with van der Waals surface area (Å²) in [5.41, 5.74) is 0. The molecule has 2 aliphatic rings. The number of likely N-dealkylation sites (tertiary alicyclic amines) is 1. The highest BCUT2D eigenvalue weighted by atomic mass is 16.5. The molecule has 2 rings (SSSR count). The van der Waals surface area contributed by atoms with Crippen LogP contribution in [-0.4, -0.2) is 37.6 Å². The number of nitrogens with zero attached hydrogens (tertiary/aromatic N) is 1. The molecule has 1 saturated carbocycles. The van der Waals surface area contributed by atoms with Crippen LogP contribution < -0.4 is 0 Å². The minimum Gasteiger partial charge on any atom is -0.375 e. The van der Waals surface area contributed by atoms with Crippen LogP contribution in [0.1, 0.15) is 19.3 Å². The van der Waals surface area contributed by atoms with Crippen molar-refractivity contribution in [2.45, 2.75) is 19.3 Å². The molecule has 1 aliphatic carbocycles. The molecule has 1 amide bonds. The van der Waals surface area contributed by atoms with Crippen molar-refractivity contribution in [1.29, 1.82) is 0 Å². The van der Waals surface area contributed by atoms with E-state index in [2.05, 4.69) is 0 Å². The van der Waals surface area contributed by atoms with Crippen molar-refractivity contribution < 1.29 is 9.53 Å². The standard InChI is InChI=1S/C10H17NO2/c1-13-7-10(12)11-5-8-3-2-4-9(8)6-11/h8-9H,2-7H2,1H3/t8-,9?/m0/s1. The summed E-state index contributed by atoms with van der Waals surface area (Å²) in [5.74, 6) is 1.75. The van der Waals surface area contributed by atoms with Gasteiger partial charge in [-0.15, -0.1) is 0 Å². The highest BCUT2D eigenvalue weighted by Crippen LogP contribution is 2.37. The predicted molar refractivity (Wildman–Crippen MR) is 49.3 cm³/mol. The number of amides is 1. The molecule has 0 spiro atoms. The second-order valence-corrected chi connectivity index (χ2v) is 4.18. The number of carbonyl (C=O) groups is 1. The van der Waals surface area contributed by atoms with Crippen molar-refractivity contribution in [2.75, 3.05) is 26.8 Å². The number of rotatable bonds is 2. The quantitative estimate of drug-likeness (QED) is 0.636. The van der Waals surface area contributed by atoms with Crippen LogP contribution in [0.4, 0.5) is 0 Å². The zero-order valence-electron chi connectivity index (χ0n) is 8.16. The third-order valence-electron chi connectivity index (χ3n) is 3.35. The van der Waals surface area contributed by atoms with E-state index in [0.717, 1.165) is 24.9 Å². The largest absolute Gasteiger partial charge is 0.375 e. The van der Waals surface area contributed by atoms with Gasteiger partial charge >= 0.3 is 0 Å². The summed E-state index contributed by atoms with van der Waals surface area (Å²) in [6, 6.07) is 0. The van der Waals surface area contributed by atoms with Crippen LogP contribution in [-0.2, 0) is 9.53 Å². The smallest absolute Gasteiger partial charge is 0.248 e. The summed E-state index contributed by atoms with van der Waals surface area (Å²) < 4.78 is 4.85. The van der Waals surface area contributed by atoms with Gasteiger partial charge < -0.3 is 9.64 Å². The van der Waals surface area contributed by atoms with E-state index in [0.29, 0.717) is 0 Å². The van der Waals surface area contributed by atoms with Gasteiger partial charge in [-0.2, -0.15) is 0 Å². The molecular weight excluding hydrogens is 166 g/mol. The Balaban J connectivity index is 1.87. The molecule has 1 saturated heterocycles. The number of fused-ring (bicyclic) bond motifs is 1. The fourth-order valence-corrected chi connectivity index (χ4v) is 2.65. The van der Waals surface area contributed by atoms with Crippen molar-refractivity contribution in [3.8, 4) is 0 Å². The molecule has 0 aromatic carbocycles. The maximum absolute atomic E-state index is 11.5. The van der Waals surface area contributed by atoms with E-state index >= 15 is 0 Å². The molecule has 2 atom stereocenters. The molecular formula is C10H17NO2. The van der Waals surface area contributed by atoms with E-state index in [-0.39, 0.29) is 12.5 Å². The van der Waals surface area contributed by atoms with Crippen LogP contribution >= 0.6 is 0 Å². The van der Waals surface area contributed by atoms with Gasteiger partial charge in [0.1, 0.15) is 6.61 Å². The van der Waals surface area contributed by atoms with E-state index in [1.165, 1.54) is 19.3 Å². The Kier molecular flexibility index (Phi) is 2.54. The first kappa shape index (κ1) is 9.00. The van der Waals surface area contributed by atoms with Crippen molar-refractivity contribution in [1.82, 2.24) is 4.90 Å². The molecule has 1 unspecified atom stereocenters. The SMILES string of the molecule is COCC(=O)N1CC2CCC[C@H]2C1. The summed E-state index contributed by atoms with van der Waals surface area (Å²) in [5, 5.41) is 0. The van der Waals surface area contributed by atoms with Gasteiger partial charge in [0.25, 0.3) is 0 Å². The summed E-state index contributed by atoms with van der Waals surface area (Å²) in [4.78, 5) is 13.4. The molecule has 0 radical (unpaired) electrons. The molecule has 74 valence electrons. The molecule has 1 heterocycles. The van der Waals surface area contributed by atoms with Gasteiger partial charge in [-0.3, -0.25) is 4.79 Å². The number of carbonyl (C=O) groups excluding carboxylic acids is 1. The number of hydrogen-bond donors (Lipinski definition) is 0. The van der Waals surface area contributed by atoms with Gasteiger partial charge in [-0.05, 0) is 24.7 Å². The minimum atomic E-state index is 0.164. The van der Waals surface area contributed by atoms with E-state index in [4.69, 9.17) is 4.74 Å². The first-order valence-corrected chi connectivity index (χ1v) is 5.08. The van der Waals surface area contributed by atoms with E-state index < -0.39 is 0 Å². The summed E-state index contributed by atoms with van der Waals surface area (Å²) in [7, 11) is 1.58. The zero-order chi connectivity index (χ0) is 9.26. The summed E-state index contributed by atoms with van der Waals surface area (Å²) in [6.45, 7) is 2.21. The van der Waals surface area contributed by atoms with Crippen LogP contribution in [0, 0.1) is 11.8 Å². The molecule has 13 heavy (non-hydrogen) atoms. The summed E-state index contributed by atoms with van der Waals surface area (Å²) in [6.07, 6.45) is 4.00. The topological polar surface area (TPSA) is 29.5 Å². The Bertz CT molecular complexity index is 193. The third-order valence-corrected chi connectivity index (χ3v) is 3.35. The number of ether oxygens (including phenoxy) is 1. The lowest BCUT2D eigenvalue weighted by Gasteiger charge is -2.16. The molecule has 0 N–H and O–H groups in total. The van der Waals surface area contributed by atoms with E-state index in [1.807, 2.05) is 4.90 Å². The van der Waals surface area contributed by atoms with E-state index in [1.54, 1.807) is 7.11 Å². The molecule has 0 aromatic heterocycles. The Hall–Kier alpha value is -0.570. The average Bonchev–Trinajstić information content (AvgIpc) is 2.61. The fraction of sp³-hybridized carbons (Fsp3) is 0.900. The van der Waals surface area contributed by atoms with E-state index in [9.17, 15) is 4.79 Å². The lowest BCUT2D eigenvalue weighted by Crippen LogP contribution is -2.32. The lowest BCUT2D eigenvalue weighted by atomic mass is 10.0. The first-order valence-electron chi connectivity index (χ1n) is 5.08. The molecule has 1 aliphatic heterocycles. The predicted octanol–water partition coefficient (Wildman–Crippen LogP) is 0.891. The zero-order valence-corrected chi connectivity index (χ0v) is 8.16. The van der Waals surface area contributed by atoms with Crippen LogP contribution in [0.25, 0.3) is 0 Å². The maximum atomic E-state index is 11.5. The first-order chi connectivity index (χ1) is 6.31. The molecule has 2 fully saturated rings. The van der Waals surface area contributed by atoms with Crippen molar-refractivity contribution in [2.24, 2.45) is 11.8 Å². The number of hydrogen-bond acceptors (Lipinski definition) is 2. The second-order valence-electron chi connectivity index (χ2n) is 4.18. The van der Waals surface area contributed by atoms with Gasteiger partial charge in [0.15, 0.2) is 0 Å². The van der Waals surface area contributed by atoms with Gasteiger partial charge in [-0.25, -0.2) is 0 Å². The molecule has 0 aromatic rings. The molecule has 3 nitrogen and oxygen atoms in total.